The van der Waals surface area contributed by atoms with Crippen molar-refractivity contribution in [3.8, 4) is 22.5 Å². The SMILES string of the molecule is Cc1ccc2cc(-c3cc4c(=O)cc[nH]c4nc3-c3ccn(C)n3)cc(Cl)c2n1. The first kappa shape index (κ1) is 17.6. The molecule has 1 N–H and O–H groups in total. The molecule has 0 aliphatic heterocycles. The highest BCUT2D eigenvalue weighted by Crippen LogP contribution is 2.35. The highest BCUT2D eigenvalue weighted by Gasteiger charge is 2.16. The van der Waals surface area contributed by atoms with Gasteiger partial charge in [-0.3, -0.25) is 14.5 Å². The molecule has 0 unspecified atom stereocenters. The average Bonchev–Trinajstić information content (AvgIpc) is 3.14. The van der Waals surface area contributed by atoms with E-state index >= 15 is 0 Å². The van der Waals surface area contributed by atoms with Gasteiger partial charge in [-0.15, -0.1) is 0 Å². The predicted molar refractivity (Wildman–Crippen MR) is 115 cm³/mol. The molecule has 4 aromatic heterocycles. The number of nitrogens with one attached hydrogen (secondary N) is 1. The first-order chi connectivity index (χ1) is 14.0. The van der Waals surface area contributed by atoms with Crippen LogP contribution >= 0.6 is 11.6 Å². The summed E-state index contributed by atoms with van der Waals surface area (Å²) in [7, 11) is 1.85. The molecule has 142 valence electrons. The summed E-state index contributed by atoms with van der Waals surface area (Å²) in [6.45, 7) is 1.93. The van der Waals surface area contributed by atoms with Gasteiger partial charge in [0.2, 0.25) is 0 Å². The summed E-state index contributed by atoms with van der Waals surface area (Å²) in [5, 5.41) is 6.50. The lowest BCUT2D eigenvalue weighted by Crippen LogP contribution is -2.04. The van der Waals surface area contributed by atoms with Crippen molar-refractivity contribution < 1.29 is 0 Å². The fraction of sp³-hybridized carbons (Fsp3) is 0.0909. The molecule has 5 rings (SSSR count). The van der Waals surface area contributed by atoms with Crippen LogP contribution in [-0.4, -0.2) is 24.7 Å². The quantitative estimate of drug-likeness (QED) is 0.472. The zero-order chi connectivity index (χ0) is 20.1. The van der Waals surface area contributed by atoms with Crippen molar-refractivity contribution in [1.29, 1.82) is 0 Å². The van der Waals surface area contributed by atoms with E-state index in [0.29, 0.717) is 27.4 Å². The van der Waals surface area contributed by atoms with Crippen LogP contribution in [0.2, 0.25) is 5.02 Å². The number of aromatic amines is 1. The molecule has 6 nitrogen and oxygen atoms in total. The van der Waals surface area contributed by atoms with E-state index in [0.717, 1.165) is 27.7 Å². The Morgan fingerprint density at radius 2 is 1.93 bits per heavy atom. The zero-order valence-corrected chi connectivity index (χ0v) is 16.5. The van der Waals surface area contributed by atoms with Gasteiger partial charge in [0.15, 0.2) is 5.43 Å². The Morgan fingerprint density at radius 1 is 1.07 bits per heavy atom. The minimum absolute atomic E-state index is 0.0933. The lowest BCUT2D eigenvalue weighted by molar-refractivity contribution is 0.770. The average molecular weight is 402 g/mol. The normalized spacial score (nSPS) is 11.4. The summed E-state index contributed by atoms with van der Waals surface area (Å²) in [5.74, 6) is 0. The van der Waals surface area contributed by atoms with Gasteiger partial charge in [0, 0.05) is 42.2 Å². The fourth-order valence-corrected chi connectivity index (χ4v) is 3.77. The minimum Gasteiger partial charge on any atom is -0.346 e. The maximum atomic E-state index is 12.4. The second-order valence-corrected chi connectivity index (χ2v) is 7.39. The van der Waals surface area contributed by atoms with E-state index in [-0.39, 0.29) is 5.43 Å². The molecule has 5 aromatic rings. The van der Waals surface area contributed by atoms with Gasteiger partial charge in [-0.05, 0) is 42.8 Å². The summed E-state index contributed by atoms with van der Waals surface area (Å²) in [5.41, 5.74) is 5.11. The second-order valence-electron chi connectivity index (χ2n) is 6.98. The number of H-pyrrole nitrogens is 1. The molecule has 0 aliphatic rings. The van der Waals surface area contributed by atoms with Gasteiger partial charge in [0.25, 0.3) is 0 Å². The zero-order valence-electron chi connectivity index (χ0n) is 15.8. The Bertz CT molecular complexity index is 1470. The van der Waals surface area contributed by atoms with Crippen molar-refractivity contribution in [2.45, 2.75) is 6.92 Å². The number of hydrogen-bond donors (Lipinski definition) is 1. The third-order valence-corrected chi connectivity index (χ3v) is 5.18. The summed E-state index contributed by atoms with van der Waals surface area (Å²) in [6, 6.07) is 13.1. The minimum atomic E-state index is -0.0933. The molecule has 0 spiro atoms. The molecule has 0 bridgehead atoms. The number of halogens is 1. The first-order valence-electron chi connectivity index (χ1n) is 9.09. The van der Waals surface area contributed by atoms with Gasteiger partial charge < -0.3 is 4.98 Å². The Balaban J connectivity index is 1.86. The topological polar surface area (TPSA) is 76.5 Å². The van der Waals surface area contributed by atoms with Crippen molar-refractivity contribution >= 4 is 33.5 Å². The van der Waals surface area contributed by atoms with Crippen LogP contribution in [0.4, 0.5) is 0 Å². The molecule has 0 saturated heterocycles. The number of pyridine rings is 3. The van der Waals surface area contributed by atoms with E-state index in [9.17, 15) is 4.79 Å². The number of hydrogen-bond acceptors (Lipinski definition) is 4. The van der Waals surface area contributed by atoms with Crippen LogP contribution in [0, 0.1) is 6.92 Å². The third kappa shape index (κ3) is 2.98. The van der Waals surface area contributed by atoms with Gasteiger partial charge in [-0.2, -0.15) is 5.10 Å². The van der Waals surface area contributed by atoms with Gasteiger partial charge in [-0.1, -0.05) is 17.7 Å². The fourth-order valence-electron chi connectivity index (χ4n) is 3.50. The van der Waals surface area contributed by atoms with Crippen molar-refractivity contribution in [3.05, 3.63) is 75.8 Å². The van der Waals surface area contributed by atoms with E-state index < -0.39 is 0 Å². The highest BCUT2D eigenvalue weighted by atomic mass is 35.5. The number of aromatic nitrogens is 5. The molecule has 0 radical (unpaired) electrons. The van der Waals surface area contributed by atoms with Crippen molar-refractivity contribution in [1.82, 2.24) is 24.7 Å². The van der Waals surface area contributed by atoms with Gasteiger partial charge in [0.05, 0.1) is 15.9 Å². The highest BCUT2D eigenvalue weighted by molar-refractivity contribution is 6.35. The number of nitrogens with zero attached hydrogens (tertiary/aromatic N) is 4. The largest absolute Gasteiger partial charge is 0.346 e. The Hall–Kier alpha value is -3.51. The second kappa shape index (κ2) is 6.53. The monoisotopic (exact) mass is 401 g/mol. The standard InChI is InChI=1S/C22H16ClN5O/c1-12-3-4-13-9-14(10-17(23)20(13)25-12)15-11-16-19(29)5-7-24-22(16)26-21(15)18-6-8-28(2)27-18/h3-11H,1-2H3,(H,24,26,29). The molecule has 29 heavy (non-hydrogen) atoms. The summed E-state index contributed by atoms with van der Waals surface area (Å²) in [4.78, 5) is 24.7. The van der Waals surface area contributed by atoms with E-state index in [2.05, 4.69) is 15.1 Å². The third-order valence-electron chi connectivity index (χ3n) is 4.90. The molecule has 0 saturated carbocycles. The molecular formula is C22H16ClN5O. The van der Waals surface area contributed by atoms with Gasteiger partial charge in [0.1, 0.15) is 17.0 Å². The Morgan fingerprint density at radius 3 is 2.72 bits per heavy atom. The van der Waals surface area contributed by atoms with E-state index in [1.807, 2.05) is 56.6 Å². The van der Waals surface area contributed by atoms with Crippen molar-refractivity contribution in [2.24, 2.45) is 7.05 Å². The molecule has 4 heterocycles. The van der Waals surface area contributed by atoms with Crippen molar-refractivity contribution in [2.75, 3.05) is 0 Å². The molecule has 0 fully saturated rings. The lowest BCUT2D eigenvalue weighted by Gasteiger charge is -2.11. The van der Waals surface area contributed by atoms with Crippen LogP contribution in [0.3, 0.4) is 0 Å². The van der Waals surface area contributed by atoms with Gasteiger partial charge in [-0.25, -0.2) is 4.98 Å². The molecular weight excluding hydrogens is 386 g/mol. The smallest absolute Gasteiger partial charge is 0.191 e. The van der Waals surface area contributed by atoms with E-state index in [1.165, 1.54) is 6.07 Å². The van der Waals surface area contributed by atoms with Crippen molar-refractivity contribution in [3.63, 3.8) is 0 Å². The van der Waals surface area contributed by atoms with E-state index in [4.69, 9.17) is 16.6 Å². The Labute approximate surface area is 170 Å². The van der Waals surface area contributed by atoms with Crippen LogP contribution in [-0.2, 0) is 7.05 Å². The summed E-state index contributed by atoms with van der Waals surface area (Å²) >= 11 is 6.57. The van der Waals surface area contributed by atoms with Crippen LogP contribution in [0.15, 0.2) is 59.7 Å². The van der Waals surface area contributed by atoms with Crippen LogP contribution < -0.4 is 5.43 Å². The van der Waals surface area contributed by atoms with Crippen LogP contribution in [0.5, 0.6) is 0 Å². The molecule has 1 aromatic carbocycles. The number of aryl methyl sites for hydroxylation is 2. The van der Waals surface area contributed by atoms with Crippen LogP contribution in [0.1, 0.15) is 5.69 Å². The molecule has 0 aliphatic carbocycles. The number of fused-ring (bicyclic) bond motifs is 2. The summed E-state index contributed by atoms with van der Waals surface area (Å²) in [6.07, 6.45) is 3.46. The first-order valence-corrected chi connectivity index (χ1v) is 9.47. The number of rotatable bonds is 2. The van der Waals surface area contributed by atoms with Gasteiger partial charge >= 0.3 is 0 Å². The van der Waals surface area contributed by atoms with E-state index in [1.54, 1.807) is 10.9 Å². The molecule has 0 amide bonds. The maximum Gasteiger partial charge on any atom is 0.191 e. The molecule has 7 heteroatoms. The number of benzene rings is 1. The lowest BCUT2D eigenvalue weighted by atomic mass is 9.99. The van der Waals surface area contributed by atoms with Crippen LogP contribution in [0.25, 0.3) is 44.5 Å². The Kier molecular flexibility index (Phi) is 3.96. The maximum absolute atomic E-state index is 12.4. The molecule has 0 atom stereocenters. The summed E-state index contributed by atoms with van der Waals surface area (Å²) < 4.78 is 1.72. The predicted octanol–water partition coefficient (Wildman–Crippen LogP) is 4.50.